The minimum absolute atomic E-state index is 0.338. The summed E-state index contributed by atoms with van der Waals surface area (Å²) in [5, 5.41) is 3.66. The Hall–Kier alpha value is -1.12. The summed E-state index contributed by atoms with van der Waals surface area (Å²) in [5.74, 6) is 0. The van der Waals surface area contributed by atoms with Crippen LogP contribution >= 0.6 is 11.3 Å². The van der Waals surface area contributed by atoms with Gasteiger partial charge in [-0.25, -0.2) is 0 Å². The zero-order valence-electron chi connectivity index (χ0n) is 12.1. The molecule has 0 aliphatic carbocycles. The molecule has 102 valence electrons. The fraction of sp³-hybridized carbons (Fsp3) is 0.412. The lowest BCUT2D eigenvalue weighted by atomic mass is 10.0. The molecule has 1 aromatic carbocycles. The number of nitrogens with one attached hydrogen (secondary N) is 1. The summed E-state index contributed by atoms with van der Waals surface area (Å²) < 4.78 is 0. The van der Waals surface area contributed by atoms with E-state index >= 15 is 0 Å². The van der Waals surface area contributed by atoms with Gasteiger partial charge in [0.2, 0.25) is 0 Å². The first-order chi connectivity index (χ1) is 9.24. The average Bonchev–Trinajstić information content (AvgIpc) is 2.86. The van der Waals surface area contributed by atoms with Crippen LogP contribution in [0.5, 0.6) is 0 Å². The standard InChI is InChI=1S/C17H23NS/c1-4-12-18-17(16-11-6-13(3)19-16)15-9-7-14(5-2)8-10-15/h6-11,17-18H,4-5,12H2,1-3H3. The van der Waals surface area contributed by atoms with Crippen molar-refractivity contribution < 1.29 is 0 Å². The molecule has 0 aliphatic rings. The fourth-order valence-electron chi connectivity index (χ4n) is 2.23. The second-order valence-electron chi connectivity index (χ2n) is 4.93. The molecule has 0 radical (unpaired) electrons. The van der Waals surface area contributed by atoms with Crippen molar-refractivity contribution in [1.29, 1.82) is 0 Å². The van der Waals surface area contributed by atoms with Crippen molar-refractivity contribution in [2.75, 3.05) is 6.54 Å². The Kier molecular flexibility index (Phi) is 5.17. The molecule has 0 amide bonds. The molecule has 0 saturated carbocycles. The summed E-state index contributed by atoms with van der Waals surface area (Å²) in [4.78, 5) is 2.79. The Morgan fingerprint density at radius 2 is 1.79 bits per heavy atom. The van der Waals surface area contributed by atoms with E-state index in [1.807, 2.05) is 11.3 Å². The lowest BCUT2D eigenvalue weighted by molar-refractivity contribution is 0.606. The topological polar surface area (TPSA) is 12.0 Å². The highest BCUT2D eigenvalue weighted by molar-refractivity contribution is 7.12. The van der Waals surface area contributed by atoms with E-state index in [-0.39, 0.29) is 0 Å². The Morgan fingerprint density at radius 1 is 1.05 bits per heavy atom. The number of hydrogen-bond acceptors (Lipinski definition) is 2. The summed E-state index contributed by atoms with van der Waals surface area (Å²) in [6, 6.07) is 13.8. The van der Waals surface area contributed by atoms with Crippen LogP contribution in [0.3, 0.4) is 0 Å². The van der Waals surface area contributed by atoms with Gasteiger partial charge in [0.25, 0.3) is 0 Å². The lowest BCUT2D eigenvalue weighted by Crippen LogP contribution is -2.22. The van der Waals surface area contributed by atoms with Crippen LogP contribution in [-0.4, -0.2) is 6.54 Å². The monoisotopic (exact) mass is 273 g/mol. The van der Waals surface area contributed by atoms with Crippen molar-refractivity contribution in [3.05, 3.63) is 57.3 Å². The molecule has 0 fully saturated rings. The smallest absolute Gasteiger partial charge is 0.0671 e. The van der Waals surface area contributed by atoms with Gasteiger partial charge in [-0.05, 0) is 49.6 Å². The van der Waals surface area contributed by atoms with Gasteiger partial charge >= 0.3 is 0 Å². The SMILES string of the molecule is CCCNC(c1ccc(CC)cc1)c1ccc(C)s1. The summed E-state index contributed by atoms with van der Waals surface area (Å²) in [6.07, 6.45) is 2.26. The van der Waals surface area contributed by atoms with Gasteiger partial charge in [0, 0.05) is 9.75 Å². The zero-order valence-corrected chi connectivity index (χ0v) is 12.9. The Bertz CT molecular complexity index is 498. The zero-order chi connectivity index (χ0) is 13.7. The molecular formula is C17H23NS. The van der Waals surface area contributed by atoms with Crippen molar-refractivity contribution in [1.82, 2.24) is 5.32 Å². The van der Waals surface area contributed by atoms with Crippen LogP contribution in [0.2, 0.25) is 0 Å². The Balaban J connectivity index is 2.25. The second kappa shape index (κ2) is 6.88. The molecule has 2 heteroatoms. The lowest BCUT2D eigenvalue weighted by Gasteiger charge is -2.18. The number of benzene rings is 1. The van der Waals surface area contributed by atoms with E-state index in [9.17, 15) is 0 Å². The molecule has 19 heavy (non-hydrogen) atoms. The number of thiophene rings is 1. The van der Waals surface area contributed by atoms with Gasteiger partial charge in [0.05, 0.1) is 6.04 Å². The largest absolute Gasteiger partial charge is 0.306 e. The Morgan fingerprint density at radius 3 is 2.32 bits per heavy atom. The molecule has 2 aromatic rings. The van der Waals surface area contributed by atoms with Crippen LogP contribution in [0.25, 0.3) is 0 Å². The highest BCUT2D eigenvalue weighted by Crippen LogP contribution is 2.28. The van der Waals surface area contributed by atoms with E-state index in [4.69, 9.17) is 0 Å². The maximum absolute atomic E-state index is 3.66. The van der Waals surface area contributed by atoms with Gasteiger partial charge in [-0.2, -0.15) is 0 Å². The molecule has 1 heterocycles. The van der Waals surface area contributed by atoms with E-state index in [0.717, 1.165) is 19.4 Å². The van der Waals surface area contributed by atoms with Crippen LogP contribution in [0.15, 0.2) is 36.4 Å². The molecule has 0 bridgehead atoms. The van der Waals surface area contributed by atoms with Crippen LogP contribution in [-0.2, 0) is 6.42 Å². The molecule has 0 spiro atoms. The molecule has 2 rings (SSSR count). The summed E-state index contributed by atoms with van der Waals surface area (Å²) in [7, 11) is 0. The van der Waals surface area contributed by atoms with Gasteiger partial charge in [-0.3, -0.25) is 0 Å². The molecule has 1 aromatic heterocycles. The number of rotatable bonds is 6. The average molecular weight is 273 g/mol. The third kappa shape index (κ3) is 3.68. The predicted octanol–water partition coefficient (Wildman–Crippen LogP) is 4.71. The predicted molar refractivity (Wildman–Crippen MR) is 85.0 cm³/mol. The molecule has 1 nitrogen and oxygen atoms in total. The van der Waals surface area contributed by atoms with Crippen LogP contribution < -0.4 is 5.32 Å². The third-order valence-electron chi connectivity index (χ3n) is 3.37. The minimum Gasteiger partial charge on any atom is -0.306 e. The first kappa shape index (κ1) is 14.3. The number of hydrogen-bond donors (Lipinski definition) is 1. The van der Waals surface area contributed by atoms with E-state index < -0.39 is 0 Å². The van der Waals surface area contributed by atoms with Gasteiger partial charge in [-0.1, -0.05) is 38.1 Å². The first-order valence-corrected chi connectivity index (χ1v) is 7.94. The normalized spacial score (nSPS) is 12.6. The van der Waals surface area contributed by atoms with E-state index in [1.54, 1.807) is 0 Å². The molecule has 1 unspecified atom stereocenters. The second-order valence-corrected chi connectivity index (χ2v) is 6.25. The summed E-state index contributed by atoms with van der Waals surface area (Å²) in [5.41, 5.74) is 2.77. The molecular weight excluding hydrogens is 250 g/mol. The molecule has 0 aliphatic heterocycles. The third-order valence-corrected chi connectivity index (χ3v) is 4.43. The number of aryl methyl sites for hydroxylation is 2. The van der Waals surface area contributed by atoms with E-state index in [0.29, 0.717) is 6.04 Å². The highest BCUT2D eigenvalue weighted by atomic mass is 32.1. The highest BCUT2D eigenvalue weighted by Gasteiger charge is 2.14. The van der Waals surface area contributed by atoms with Crippen molar-refractivity contribution in [3.63, 3.8) is 0 Å². The quantitative estimate of drug-likeness (QED) is 0.804. The molecule has 1 atom stereocenters. The van der Waals surface area contributed by atoms with Gasteiger partial charge in [-0.15, -0.1) is 11.3 Å². The molecule has 0 saturated heterocycles. The Labute approximate surface area is 120 Å². The minimum atomic E-state index is 0.338. The molecule has 1 N–H and O–H groups in total. The van der Waals surface area contributed by atoms with Gasteiger partial charge in [0.15, 0.2) is 0 Å². The van der Waals surface area contributed by atoms with Crippen LogP contribution in [0, 0.1) is 6.92 Å². The maximum atomic E-state index is 3.66. The van der Waals surface area contributed by atoms with E-state index in [2.05, 4.69) is 62.5 Å². The summed E-state index contributed by atoms with van der Waals surface area (Å²) in [6.45, 7) is 7.64. The maximum Gasteiger partial charge on any atom is 0.0671 e. The fourth-order valence-corrected chi connectivity index (χ4v) is 3.21. The van der Waals surface area contributed by atoms with Crippen molar-refractivity contribution in [3.8, 4) is 0 Å². The van der Waals surface area contributed by atoms with Crippen LogP contribution in [0.4, 0.5) is 0 Å². The first-order valence-electron chi connectivity index (χ1n) is 7.13. The van der Waals surface area contributed by atoms with Gasteiger partial charge in [0.1, 0.15) is 0 Å². The van der Waals surface area contributed by atoms with Crippen LogP contribution in [0.1, 0.15) is 47.2 Å². The van der Waals surface area contributed by atoms with Crippen molar-refractivity contribution in [2.24, 2.45) is 0 Å². The van der Waals surface area contributed by atoms with Crippen molar-refractivity contribution in [2.45, 2.75) is 39.7 Å². The van der Waals surface area contributed by atoms with Gasteiger partial charge < -0.3 is 5.32 Å². The van der Waals surface area contributed by atoms with Crippen molar-refractivity contribution >= 4 is 11.3 Å². The van der Waals surface area contributed by atoms with E-state index in [1.165, 1.54) is 20.9 Å². The summed E-state index contributed by atoms with van der Waals surface area (Å²) >= 11 is 1.89.